The second-order valence-corrected chi connectivity index (χ2v) is 6.89. The van der Waals surface area contributed by atoms with Gasteiger partial charge >= 0.3 is 6.18 Å². The maximum atomic E-state index is 13.1. The van der Waals surface area contributed by atoms with E-state index in [9.17, 15) is 18.0 Å². The molecule has 0 atom stereocenters. The van der Waals surface area contributed by atoms with Crippen LogP contribution in [0.4, 0.5) is 18.9 Å². The highest BCUT2D eigenvalue weighted by atomic mass is 79.9. The summed E-state index contributed by atoms with van der Waals surface area (Å²) in [7, 11) is 0. The fourth-order valence-corrected chi connectivity index (χ4v) is 2.66. The maximum Gasteiger partial charge on any atom is 0.416 e. The van der Waals surface area contributed by atoms with E-state index in [0.717, 1.165) is 16.6 Å². The molecular formula is C20H16BrF3N2O3. The Morgan fingerprint density at radius 2 is 1.86 bits per heavy atom. The van der Waals surface area contributed by atoms with Crippen LogP contribution in [0.5, 0.6) is 11.5 Å². The largest absolute Gasteiger partial charge is 0.467 e. The minimum atomic E-state index is -4.52. The fraction of sp³-hybridized carbons (Fsp3) is 0.150. The predicted molar refractivity (Wildman–Crippen MR) is 105 cm³/mol. The van der Waals surface area contributed by atoms with Gasteiger partial charge in [-0.2, -0.15) is 13.2 Å². The number of amides is 1. The molecule has 0 spiro atoms. The second kappa shape index (κ2) is 9.04. The maximum absolute atomic E-state index is 13.1. The van der Waals surface area contributed by atoms with Crippen LogP contribution in [0.3, 0.4) is 0 Å². The molecule has 0 radical (unpaired) electrons. The molecular weight excluding hydrogens is 453 g/mol. The zero-order valence-corrected chi connectivity index (χ0v) is 16.5. The van der Waals surface area contributed by atoms with Crippen molar-refractivity contribution in [1.82, 2.24) is 5.32 Å². The van der Waals surface area contributed by atoms with Gasteiger partial charge in [-0.25, -0.2) is 0 Å². The SMILES string of the molecule is O=C(CNc1cc(C(F)(F)F)ccc1Oc1ccc(Br)cc1)NCc1ccco1. The van der Waals surface area contributed by atoms with Crippen LogP contribution in [0, 0.1) is 0 Å². The van der Waals surface area contributed by atoms with Crippen molar-refractivity contribution in [2.45, 2.75) is 12.7 Å². The Balaban J connectivity index is 1.72. The lowest BCUT2D eigenvalue weighted by atomic mass is 10.1. The van der Waals surface area contributed by atoms with E-state index < -0.39 is 17.6 Å². The Morgan fingerprint density at radius 3 is 2.52 bits per heavy atom. The van der Waals surface area contributed by atoms with E-state index in [-0.39, 0.29) is 24.5 Å². The minimum Gasteiger partial charge on any atom is -0.467 e. The molecule has 3 aromatic rings. The summed E-state index contributed by atoms with van der Waals surface area (Å²) < 4.78 is 50.9. The molecule has 152 valence electrons. The molecule has 0 bridgehead atoms. The zero-order valence-electron chi connectivity index (χ0n) is 14.9. The molecule has 0 saturated heterocycles. The molecule has 2 aromatic carbocycles. The Kier molecular flexibility index (Phi) is 6.48. The molecule has 5 nitrogen and oxygen atoms in total. The van der Waals surface area contributed by atoms with E-state index in [2.05, 4.69) is 26.6 Å². The highest BCUT2D eigenvalue weighted by Gasteiger charge is 2.31. The third-order valence-corrected chi connectivity index (χ3v) is 4.36. The molecule has 1 aromatic heterocycles. The van der Waals surface area contributed by atoms with Crippen LogP contribution in [-0.2, 0) is 17.5 Å². The van der Waals surface area contributed by atoms with Crippen molar-refractivity contribution in [3.8, 4) is 11.5 Å². The van der Waals surface area contributed by atoms with E-state index in [4.69, 9.17) is 9.15 Å². The minimum absolute atomic E-state index is 0.0518. The van der Waals surface area contributed by atoms with Crippen LogP contribution in [0.1, 0.15) is 11.3 Å². The summed E-state index contributed by atoms with van der Waals surface area (Å²) in [5, 5.41) is 5.32. The normalized spacial score (nSPS) is 11.2. The molecule has 9 heteroatoms. The van der Waals surface area contributed by atoms with Crippen molar-refractivity contribution in [2.75, 3.05) is 11.9 Å². The van der Waals surface area contributed by atoms with E-state index in [0.29, 0.717) is 11.5 Å². The average Bonchev–Trinajstić information content (AvgIpc) is 3.20. The molecule has 2 N–H and O–H groups in total. The van der Waals surface area contributed by atoms with Crippen molar-refractivity contribution in [1.29, 1.82) is 0 Å². The van der Waals surface area contributed by atoms with Crippen molar-refractivity contribution >= 4 is 27.5 Å². The molecule has 1 amide bonds. The third kappa shape index (κ3) is 6.02. The summed E-state index contributed by atoms with van der Waals surface area (Å²) in [5.41, 5.74) is -0.796. The van der Waals surface area contributed by atoms with Gasteiger partial charge in [0.1, 0.15) is 11.5 Å². The van der Waals surface area contributed by atoms with Gasteiger partial charge in [0.05, 0.1) is 30.6 Å². The number of nitrogens with one attached hydrogen (secondary N) is 2. The highest BCUT2D eigenvalue weighted by molar-refractivity contribution is 9.10. The molecule has 0 saturated carbocycles. The fourth-order valence-electron chi connectivity index (χ4n) is 2.40. The van der Waals surface area contributed by atoms with E-state index >= 15 is 0 Å². The van der Waals surface area contributed by atoms with Crippen LogP contribution in [-0.4, -0.2) is 12.5 Å². The smallest absolute Gasteiger partial charge is 0.416 e. The Labute approximate surface area is 173 Å². The first-order chi connectivity index (χ1) is 13.8. The van der Waals surface area contributed by atoms with Crippen LogP contribution >= 0.6 is 15.9 Å². The van der Waals surface area contributed by atoms with Crippen molar-refractivity contribution in [3.63, 3.8) is 0 Å². The van der Waals surface area contributed by atoms with Crippen molar-refractivity contribution in [3.05, 3.63) is 76.7 Å². The summed E-state index contributed by atoms with van der Waals surface area (Å²) in [6.07, 6.45) is -3.04. The molecule has 3 rings (SSSR count). The van der Waals surface area contributed by atoms with Gasteiger partial charge < -0.3 is 19.8 Å². The first-order valence-electron chi connectivity index (χ1n) is 8.49. The molecule has 0 fully saturated rings. The molecule has 1 heterocycles. The van der Waals surface area contributed by atoms with Crippen molar-refractivity contribution < 1.29 is 27.1 Å². The summed E-state index contributed by atoms with van der Waals surface area (Å²) in [6.45, 7) is -0.0585. The third-order valence-electron chi connectivity index (χ3n) is 3.83. The molecule has 0 aliphatic rings. The van der Waals surface area contributed by atoms with Gasteiger partial charge in [0.2, 0.25) is 5.91 Å². The van der Waals surface area contributed by atoms with Crippen LogP contribution in [0.15, 0.2) is 69.8 Å². The molecule has 0 aliphatic carbocycles. The van der Waals surface area contributed by atoms with Crippen LogP contribution < -0.4 is 15.4 Å². The Bertz CT molecular complexity index is 958. The average molecular weight is 469 g/mol. The van der Waals surface area contributed by atoms with Crippen LogP contribution in [0.25, 0.3) is 0 Å². The quantitative estimate of drug-likeness (QED) is 0.474. The summed E-state index contributed by atoms with van der Waals surface area (Å²) >= 11 is 3.30. The molecule has 0 unspecified atom stereocenters. The Hall–Kier alpha value is -2.94. The number of ether oxygens (including phenoxy) is 1. The standard InChI is InChI=1S/C20H16BrF3N2O3/c21-14-4-6-15(7-5-14)29-18-8-3-13(20(22,23)24)10-17(18)25-12-19(27)26-11-16-2-1-9-28-16/h1-10,25H,11-12H2,(H,26,27). The van der Waals surface area contributed by atoms with Gasteiger partial charge in [0.15, 0.2) is 5.75 Å². The van der Waals surface area contributed by atoms with Gasteiger partial charge in [-0.3, -0.25) is 4.79 Å². The predicted octanol–water partition coefficient (Wildman–Crippen LogP) is 5.58. The monoisotopic (exact) mass is 468 g/mol. The number of furan rings is 1. The summed E-state index contributed by atoms with van der Waals surface area (Å²) in [5.74, 6) is 0.766. The number of carbonyl (C=O) groups is 1. The van der Waals surface area contributed by atoms with Crippen LogP contribution in [0.2, 0.25) is 0 Å². The lowest BCUT2D eigenvalue weighted by Crippen LogP contribution is -2.29. The van der Waals surface area contributed by atoms with E-state index in [1.807, 2.05) is 0 Å². The highest BCUT2D eigenvalue weighted by Crippen LogP contribution is 2.37. The number of carbonyl (C=O) groups excluding carboxylic acids is 1. The number of anilines is 1. The van der Waals surface area contributed by atoms with Gasteiger partial charge in [0.25, 0.3) is 0 Å². The van der Waals surface area contributed by atoms with Gasteiger partial charge in [-0.15, -0.1) is 0 Å². The van der Waals surface area contributed by atoms with Gasteiger partial charge in [-0.1, -0.05) is 15.9 Å². The van der Waals surface area contributed by atoms with Crippen molar-refractivity contribution in [2.24, 2.45) is 0 Å². The van der Waals surface area contributed by atoms with E-state index in [1.165, 1.54) is 12.3 Å². The summed E-state index contributed by atoms with van der Waals surface area (Å²) in [4.78, 5) is 12.0. The number of halogens is 4. The van der Waals surface area contributed by atoms with E-state index in [1.54, 1.807) is 36.4 Å². The number of benzene rings is 2. The Morgan fingerprint density at radius 1 is 1.10 bits per heavy atom. The topological polar surface area (TPSA) is 63.5 Å². The molecule has 29 heavy (non-hydrogen) atoms. The first-order valence-corrected chi connectivity index (χ1v) is 9.28. The lowest BCUT2D eigenvalue weighted by Gasteiger charge is -2.16. The number of hydrogen-bond acceptors (Lipinski definition) is 4. The summed E-state index contributed by atoms with van der Waals surface area (Å²) in [6, 6.07) is 13.3. The van der Waals surface area contributed by atoms with Gasteiger partial charge in [-0.05, 0) is 54.6 Å². The first kappa shape index (κ1) is 20.8. The number of alkyl halides is 3. The van der Waals surface area contributed by atoms with Gasteiger partial charge in [0, 0.05) is 4.47 Å². The molecule has 0 aliphatic heterocycles. The lowest BCUT2D eigenvalue weighted by molar-refractivity contribution is -0.137. The zero-order chi connectivity index (χ0) is 20.9. The second-order valence-electron chi connectivity index (χ2n) is 5.97. The number of hydrogen-bond donors (Lipinski definition) is 2. The number of rotatable bonds is 7.